The lowest BCUT2D eigenvalue weighted by Gasteiger charge is -2.22. The van der Waals surface area contributed by atoms with Gasteiger partial charge in [0.15, 0.2) is 0 Å². The van der Waals surface area contributed by atoms with E-state index < -0.39 is 0 Å². The lowest BCUT2D eigenvalue weighted by Crippen LogP contribution is -2.23. The Balaban J connectivity index is 2.55. The number of hydrogen-bond acceptors (Lipinski definition) is 2. The number of aryl methyl sites for hydroxylation is 3. The molecule has 0 fully saturated rings. The predicted octanol–water partition coefficient (Wildman–Crippen LogP) is 5.64. The van der Waals surface area contributed by atoms with Gasteiger partial charge in [0.1, 0.15) is 5.60 Å². The summed E-state index contributed by atoms with van der Waals surface area (Å²) in [6.45, 7) is 13.6. The Hall–Kier alpha value is -1.31. The van der Waals surface area contributed by atoms with Crippen LogP contribution in [0.4, 0.5) is 0 Å². The van der Waals surface area contributed by atoms with Crippen LogP contribution in [0.1, 0.15) is 77.0 Å². The first-order valence-electron chi connectivity index (χ1n) is 8.83. The minimum atomic E-state index is -0.361. The average Bonchev–Trinajstić information content (AvgIpc) is 2.40. The molecule has 0 aromatic heterocycles. The molecule has 130 valence electrons. The molecule has 0 bridgehead atoms. The minimum Gasteiger partial charge on any atom is -0.462 e. The normalized spacial score (nSPS) is 12.3. The van der Waals surface area contributed by atoms with E-state index in [1.807, 2.05) is 13.8 Å². The maximum atomic E-state index is 10.5. The third-order valence-electron chi connectivity index (χ3n) is 4.40. The van der Waals surface area contributed by atoms with E-state index in [1.54, 1.807) is 0 Å². The topological polar surface area (TPSA) is 26.3 Å². The first kappa shape index (κ1) is 19.7. The van der Waals surface area contributed by atoms with Crippen LogP contribution in [0, 0.1) is 12.3 Å². The Morgan fingerprint density at radius 1 is 1.00 bits per heavy atom. The molecule has 0 aliphatic heterocycles. The molecule has 2 nitrogen and oxygen atoms in total. The number of benzene rings is 1. The number of hydrogen-bond donors (Lipinski definition) is 0. The molecule has 23 heavy (non-hydrogen) atoms. The van der Waals surface area contributed by atoms with E-state index in [1.165, 1.54) is 29.5 Å². The Morgan fingerprint density at radius 3 is 2.26 bits per heavy atom. The summed E-state index contributed by atoms with van der Waals surface area (Å²) < 4.78 is 5.13. The summed E-state index contributed by atoms with van der Waals surface area (Å²) in [7, 11) is 0. The van der Waals surface area contributed by atoms with Crippen molar-refractivity contribution in [2.45, 2.75) is 85.7 Å². The van der Waals surface area contributed by atoms with Crippen LogP contribution in [0.3, 0.4) is 0 Å². The van der Waals surface area contributed by atoms with E-state index >= 15 is 0 Å². The van der Waals surface area contributed by atoms with Gasteiger partial charge in [0, 0.05) is 0 Å². The van der Waals surface area contributed by atoms with Crippen LogP contribution in [0.5, 0.6) is 0 Å². The third kappa shape index (κ3) is 8.20. The molecule has 0 aliphatic rings. The molecule has 0 heterocycles. The molecule has 0 saturated heterocycles. The van der Waals surface area contributed by atoms with Gasteiger partial charge in [-0.15, -0.1) is 0 Å². The molecule has 0 spiro atoms. The van der Waals surface area contributed by atoms with Crippen molar-refractivity contribution in [3.8, 4) is 0 Å². The molecule has 1 aromatic carbocycles. The van der Waals surface area contributed by atoms with Crippen LogP contribution in [-0.2, 0) is 22.4 Å². The molecule has 0 unspecified atom stereocenters. The van der Waals surface area contributed by atoms with Gasteiger partial charge in [0.2, 0.25) is 0 Å². The highest BCUT2D eigenvalue weighted by Gasteiger charge is 2.18. The predicted molar refractivity (Wildman–Crippen MR) is 97.7 cm³/mol. The first-order chi connectivity index (χ1) is 10.6. The summed E-state index contributed by atoms with van der Waals surface area (Å²) in [6.07, 6.45) is 6.63. The summed E-state index contributed by atoms with van der Waals surface area (Å²) in [5.74, 6) is 0. The maximum Gasteiger partial charge on any atom is 0.293 e. The standard InChI is InChI=1S/C21H34O2/c1-17-11-12-18(9-7-13-20(2,3)4)15-19(17)10-8-14-21(5,6)23-16-22/h11-12,15-16H,7-10,13-14H2,1-6H3. The van der Waals surface area contributed by atoms with Crippen molar-refractivity contribution in [3.63, 3.8) is 0 Å². The van der Waals surface area contributed by atoms with E-state index in [9.17, 15) is 4.79 Å². The van der Waals surface area contributed by atoms with Crippen molar-refractivity contribution in [3.05, 3.63) is 34.9 Å². The summed E-state index contributed by atoms with van der Waals surface area (Å²) >= 11 is 0. The molecular weight excluding hydrogens is 284 g/mol. The zero-order valence-electron chi connectivity index (χ0n) is 15.9. The molecule has 1 aromatic rings. The van der Waals surface area contributed by atoms with Crippen molar-refractivity contribution < 1.29 is 9.53 Å². The van der Waals surface area contributed by atoms with Crippen LogP contribution >= 0.6 is 0 Å². The third-order valence-corrected chi connectivity index (χ3v) is 4.40. The molecule has 0 aliphatic carbocycles. The zero-order valence-corrected chi connectivity index (χ0v) is 15.9. The van der Waals surface area contributed by atoms with Crippen LogP contribution in [0.25, 0.3) is 0 Å². The van der Waals surface area contributed by atoms with Crippen molar-refractivity contribution in [1.29, 1.82) is 0 Å². The minimum absolute atomic E-state index is 0.361. The second-order valence-corrected chi connectivity index (χ2v) is 8.50. The second kappa shape index (κ2) is 8.52. The molecule has 0 radical (unpaired) electrons. The Bertz CT molecular complexity index is 495. The lowest BCUT2D eigenvalue weighted by atomic mass is 9.88. The van der Waals surface area contributed by atoms with Crippen LogP contribution in [0.2, 0.25) is 0 Å². The monoisotopic (exact) mass is 318 g/mol. The molecule has 1 rings (SSSR count). The van der Waals surface area contributed by atoms with Crippen LogP contribution in [-0.4, -0.2) is 12.1 Å². The largest absolute Gasteiger partial charge is 0.462 e. The molecule has 0 saturated carbocycles. The molecule has 0 atom stereocenters. The van der Waals surface area contributed by atoms with Gasteiger partial charge in [0.25, 0.3) is 6.47 Å². The van der Waals surface area contributed by atoms with E-state index in [-0.39, 0.29) is 5.60 Å². The zero-order chi connectivity index (χ0) is 17.5. The van der Waals surface area contributed by atoms with E-state index in [0.29, 0.717) is 11.9 Å². The van der Waals surface area contributed by atoms with Crippen molar-refractivity contribution in [1.82, 2.24) is 0 Å². The fourth-order valence-electron chi connectivity index (χ4n) is 2.87. The fourth-order valence-corrected chi connectivity index (χ4v) is 2.87. The number of ether oxygens (including phenoxy) is 1. The number of carbonyl (C=O) groups is 1. The van der Waals surface area contributed by atoms with Gasteiger partial charge in [0.05, 0.1) is 0 Å². The Labute approximate surface area is 142 Å². The van der Waals surface area contributed by atoms with Crippen molar-refractivity contribution >= 4 is 6.47 Å². The first-order valence-corrected chi connectivity index (χ1v) is 8.83. The highest BCUT2D eigenvalue weighted by atomic mass is 16.5. The Morgan fingerprint density at radius 2 is 1.65 bits per heavy atom. The van der Waals surface area contributed by atoms with Crippen molar-refractivity contribution in [2.24, 2.45) is 5.41 Å². The highest BCUT2D eigenvalue weighted by molar-refractivity contribution is 5.38. The van der Waals surface area contributed by atoms with E-state index in [2.05, 4.69) is 45.9 Å². The van der Waals surface area contributed by atoms with Crippen LogP contribution in [0.15, 0.2) is 18.2 Å². The van der Waals surface area contributed by atoms with Gasteiger partial charge >= 0.3 is 0 Å². The molecular formula is C21H34O2. The Kier molecular flexibility index (Phi) is 7.31. The smallest absolute Gasteiger partial charge is 0.293 e. The van der Waals surface area contributed by atoms with Gasteiger partial charge in [-0.1, -0.05) is 39.0 Å². The maximum absolute atomic E-state index is 10.5. The lowest BCUT2D eigenvalue weighted by molar-refractivity contribution is -0.140. The highest BCUT2D eigenvalue weighted by Crippen LogP contribution is 2.23. The van der Waals surface area contributed by atoms with Gasteiger partial charge in [-0.2, -0.15) is 0 Å². The SMILES string of the molecule is Cc1ccc(CCCC(C)(C)C)cc1CCCC(C)(C)OC=O. The number of rotatable bonds is 9. The summed E-state index contributed by atoms with van der Waals surface area (Å²) in [4.78, 5) is 10.5. The van der Waals surface area contributed by atoms with Crippen molar-refractivity contribution in [2.75, 3.05) is 0 Å². The molecule has 0 amide bonds. The summed E-state index contributed by atoms with van der Waals surface area (Å²) in [6, 6.07) is 6.88. The van der Waals surface area contributed by atoms with Gasteiger partial charge < -0.3 is 4.74 Å². The summed E-state index contributed by atoms with van der Waals surface area (Å²) in [5.41, 5.74) is 4.29. The molecule has 0 N–H and O–H groups in total. The van der Waals surface area contributed by atoms with Crippen LogP contribution < -0.4 is 0 Å². The van der Waals surface area contributed by atoms with Gasteiger partial charge in [-0.3, -0.25) is 4.79 Å². The fraction of sp³-hybridized carbons (Fsp3) is 0.667. The quantitative estimate of drug-likeness (QED) is 0.551. The second-order valence-electron chi connectivity index (χ2n) is 8.50. The van der Waals surface area contributed by atoms with E-state index in [4.69, 9.17) is 4.74 Å². The number of carbonyl (C=O) groups excluding carboxylic acids is 1. The molecule has 2 heteroatoms. The summed E-state index contributed by atoms with van der Waals surface area (Å²) in [5, 5.41) is 0. The average molecular weight is 319 g/mol. The van der Waals surface area contributed by atoms with Gasteiger partial charge in [-0.25, -0.2) is 0 Å². The van der Waals surface area contributed by atoms with E-state index in [0.717, 1.165) is 25.7 Å². The van der Waals surface area contributed by atoms with Gasteiger partial charge in [-0.05, 0) is 81.4 Å².